The van der Waals surface area contributed by atoms with E-state index in [-0.39, 0.29) is 25.7 Å². The lowest BCUT2D eigenvalue weighted by molar-refractivity contribution is -0.360. The van der Waals surface area contributed by atoms with Crippen molar-refractivity contribution in [1.82, 2.24) is 0 Å². The minimum Gasteiger partial charge on any atom is -0.463 e. The summed E-state index contributed by atoms with van der Waals surface area (Å²) < 4.78 is 73.5. The number of unbranched alkanes of at least 4 members (excludes halogenated alkanes) is 48. The molecule has 18 atom stereocenters. The number of allylic oxidation sites excluding steroid dienone is 6. The normalized spacial score (nSPS) is 24.9. The molecule has 3 aliphatic rings. The molecule has 10 N–H and O–H groups in total. The van der Waals surface area contributed by atoms with E-state index in [4.69, 9.17) is 46.9 Å². The molecule has 0 aromatic rings. The van der Waals surface area contributed by atoms with Crippen LogP contribution >= 0.6 is 7.82 Å². The molecule has 1 saturated carbocycles. The van der Waals surface area contributed by atoms with Gasteiger partial charge in [0, 0.05) is 25.7 Å². The SMILES string of the molecule is CCCCCC/C=C\CCCCCCCCCC(=O)OCC(COP(=O)(O)OC1C(OC2OC(CO)C(O)C(O)C2O)C(O)C(O)C(OC(=O)CCCCCCCCC/C=C\CCCCCC)C1OC1OC(COC(=O)CCCCCCCCCCCCCCCCCC)C(O)C(O)C1O)OC(=O)CCCCCCCCC/C=C\CCCCCC. The van der Waals surface area contributed by atoms with Crippen LogP contribution in [0.15, 0.2) is 36.5 Å². The molecule has 120 heavy (non-hydrogen) atoms. The van der Waals surface area contributed by atoms with E-state index in [1.807, 2.05) is 0 Å². The second kappa shape index (κ2) is 72.7. The quantitative estimate of drug-likeness (QED) is 0.00889. The van der Waals surface area contributed by atoms with Gasteiger partial charge in [-0.1, -0.05) is 315 Å². The van der Waals surface area contributed by atoms with Gasteiger partial charge in [0.2, 0.25) is 0 Å². The summed E-state index contributed by atoms with van der Waals surface area (Å²) in [5, 5.41) is 102. The third-order valence-electron chi connectivity index (χ3n) is 23.3. The van der Waals surface area contributed by atoms with Gasteiger partial charge in [-0.05, 0) is 103 Å². The summed E-state index contributed by atoms with van der Waals surface area (Å²) in [6.45, 7) is 5.57. The van der Waals surface area contributed by atoms with Gasteiger partial charge >= 0.3 is 31.7 Å². The van der Waals surface area contributed by atoms with Gasteiger partial charge in [0.15, 0.2) is 24.8 Å². The highest BCUT2D eigenvalue weighted by Gasteiger charge is 2.60. The zero-order valence-corrected chi connectivity index (χ0v) is 75.8. The van der Waals surface area contributed by atoms with Crippen LogP contribution in [0.4, 0.5) is 0 Å². The highest BCUT2D eigenvalue weighted by Crippen LogP contribution is 2.49. The van der Waals surface area contributed by atoms with Crippen LogP contribution in [-0.4, -0.2) is 205 Å². The Kier molecular flexibility index (Phi) is 67.2. The standard InChI is InChI=1S/C94H171O25P/c1-5-9-13-17-21-25-29-33-37-41-43-47-51-55-59-63-67-78(97)111-73-76-82(101)84(103)88(107)94(115-76)118-91-89(116-80(99)69-65-61-57-53-49-45-40-36-32-28-24-20-16-12-8-4)85(104)86(105)90(117-93-87(106)83(102)81(100)75(70-95)114-93)92(91)119-120(108,109)112-72-74(113-79(98)68-64-60-56-52-48-44-39-35-31-27-23-19-15-11-7-3)71-110-77(96)66-62-58-54-50-46-42-38-34-30-26-22-18-14-10-6-2/h26-28,30-32,74-76,81-95,100-107H,5-25,29,33-73H2,1-4H3,(H,108,109)/b30-26-,31-27-,32-28-. The average Bonchev–Trinajstić information content (AvgIpc) is 0.753. The van der Waals surface area contributed by atoms with Crippen molar-refractivity contribution in [2.45, 2.75) is 511 Å². The van der Waals surface area contributed by atoms with Gasteiger partial charge in [0.05, 0.1) is 13.2 Å². The zero-order valence-electron chi connectivity index (χ0n) is 74.9. The van der Waals surface area contributed by atoms with Gasteiger partial charge in [-0.15, -0.1) is 0 Å². The van der Waals surface area contributed by atoms with E-state index in [2.05, 4.69) is 64.2 Å². The molecule has 3 fully saturated rings. The molecule has 0 amide bonds. The Hall–Kier alpha value is -3.31. The van der Waals surface area contributed by atoms with Gasteiger partial charge in [0.1, 0.15) is 92.6 Å². The zero-order chi connectivity index (χ0) is 87.5. The van der Waals surface area contributed by atoms with Gasteiger partial charge in [0.25, 0.3) is 0 Å². The molecule has 3 rings (SSSR count). The molecule has 1 aliphatic carbocycles. The first-order valence-corrected chi connectivity index (χ1v) is 49.7. The van der Waals surface area contributed by atoms with Crippen molar-refractivity contribution in [3.63, 3.8) is 0 Å². The number of aliphatic hydroxyl groups is 9. The van der Waals surface area contributed by atoms with Crippen LogP contribution in [0, 0.1) is 0 Å². The molecule has 0 aromatic carbocycles. The maximum atomic E-state index is 14.9. The maximum Gasteiger partial charge on any atom is 0.472 e. The van der Waals surface area contributed by atoms with Gasteiger partial charge in [-0.25, -0.2) is 4.57 Å². The van der Waals surface area contributed by atoms with Crippen molar-refractivity contribution in [1.29, 1.82) is 0 Å². The van der Waals surface area contributed by atoms with Crippen LogP contribution in [0.5, 0.6) is 0 Å². The lowest BCUT2D eigenvalue weighted by Gasteiger charge is -2.50. The molecule has 0 spiro atoms. The second-order valence-electron chi connectivity index (χ2n) is 34.2. The van der Waals surface area contributed by atoms with E-state index < -0.39 is 162 Å². The van der Waals surface area contributed by atoms with Gasteiger partial charge in [-0.3, -0.25) is 28.2 Å². The minimum absolute atomic E-state index is 0.0160. The summed E-state index contributed by atoms with van der Waals surface area (Å²) >= 11 is 0. The summed E-state index contributed by atoms with van der Waals surface area (Å²) in [5.74, 6) is -2.98. The van der Waals surface area contributed by atoms with Crippen molar-refractivity contribution in [2.75, 3.05) is 26.4 Å². The number of hydrogen-bond donors (Lipinski definition) is 10. The fourth-order valence-electron chi connectivity index (χ4n) is 15.7. The number of aliphatic hydroxyl groups excluding tert-OH is 9. The summed E-state index contributed by atoms with van der Waals surface area (Å²) in [6, 6.07) is 0. The summed E-state index contributed by atoms with van der Waals surface area (Å²) in [4.78, 5) is 66.5. The predicted molar refractivity (Wildman–Crippen MR) is 467 cm³/mol. The molecule has 702 valence electrons. The average molecular weight is 1730 g/mol. The van der Waals surface area contributed by atoms with E-state index >= 15 is 0 Å². The molecule has 25 nitrogen and oxygen atoms in total. The van der Waals surface area contributed by atoms with E-state index in [1.54, 1.807) is 0 Å². The fraction of sp³-hybridized carbons (Fsp3) is 0.894. The first kappa shape index (κ1) is 111. The van der Waals surface area contributed by atoms with Crippen LogP contribution in [0.3, 0.4) is 0 Å². The van der Waals surface area contributed by atoms with Crippen LogP contribution in [-0.2, 0) is 70.7 Å². The Labute approximate surface area is 723 Å². The van der Waals surface area contributed by atoms with Crippen LogP contribution in [0.25, 0.3) is 0 Å². The first-order valence-electron chi connectivity index (χ1n) is 48.2. The topological polar surface area (TPSA) is 380 Å². The molecular weight excluding hydrogens is 1560 g/mol. The summed E-state index contributed by atoms with van der Waals surface area (Å²) in [6.07, 6.45) is 35.4. The summed E-state index contributed by atoms with van der Waals surface area (Å²) in [7, 11) is -5.81. The molecule has 2 saturated heterocycles. The first-order chi connectivity index (χ1) is 58.2. The highest BCUT2D eigenvalue weighted by molar-refractivity contribution is 7.47. The Balaban J connectivity index is 1.91. The number of ether oxygens (including phenoxy) is 8. The van der Waals surface area contributed by atoms with E-state index in [0.29, 0.717) is 38.5 Å². The lowest BCUT2D eigenvalue weighted by atomic mass is 9.84. The Morgan fingerprint density at radius 1 is 0.325 bits per heavy atom. The number of phosphoric acid groups is 1. The lowest BCUT2D eigenvalue weighted by Crippen LogP contribution is -2.70. The second-order valence-corrected chi connectivity index (χ2v) is 35.6. The number of hydrogen-bond acceptors (Lipinski definition) is 24. The summed E-state index contributed by atoms with van der Waals surface area (Å²) in [5.41, 5.74) is 0. The van der Waals surface area contributed by atoms with Crippen molar-refractivity contribution in [3.05, 3.63) is 36.5 Å². The molecule has 0 aromatic heterocycles. The number of carbonyl (C=O) groups excluding carboxylic acids is 4. The smallest absolute Gasteiger partial charge is 0.463 e. The van der Waals surface area contributed by atoms with E-state index in [1.165, 1.54) is 141 Å². The molecule has 26 heteroatoms. The van der Waals surface area contributed by atoms with Crippen LogP contribution < -0.4 is 0 Å². The molecule has 0 radical (unpaired) electrons. The molecule has 2 heterocycles. The molecule has 0 bridgehead atoms. The van der Waals surface area contributed by atoms with E-state index in [9.17, 15) is 74.6 Å². The van der Waals surface area contributed by atoms with Crippen molar-refractivity contribution in [3.8, 4) is 0 Å². The highest BCUT2D eigenvalue weighted by atomic mass is 31.2. The number of rotatable bonds is 78. The number of esters is 4. The number of phosphoric ester groups is 1. The van der Waals surface area contributed by atoms with E-state index in [0.717, 1.165) is 173 Å². The Morgan fingerprint density at radius 2 is 0.625 bits per heavy atom. The van der Waals surface area contributed by atoms with Crippen LogP contribution in [0.1, 0.15) is 407 Å². The van der Waals surface area contributed by atoms with Crippen LogP contribution in [0.2, 0.25) is 0 Å². The van der Waals surface area contributed by atoms with Gasteiger partial charge in [-0.2, -0.15) is 0 Å². The Morgan fingerprint density at radius 3 is 1.00 bits per heavy atom. The fourth-order valence-corrected chi connectivity index (χ4v) is 16.6. The molecular formula is C94H171O25P. The predicted octanol–water partition coefficient (Wildman–Crippen LogP) is 18.3. The van der Waals surface area contributed by atoms with Gasteiger partial charge < -0.3 is 88.7 Å². The molecule has 2 aliphatic heterocycles. The minimum atomic E-state index is -5.81. The third kappa shape index (κ3) is 52.1. The number of carbonyl (C=O) groups is 4. The van der Waals surface area contributed by atoms with Crippen molar-refractivity contribution >= 4 is 31.7 Å². The monoisotopic (exact) mass is 1730 g/mol. The molecule has 18 unspecified atom stereocenters. The largest absolute Gasteiger partial charge is 0.472 e. The maximum absolute atomic E-state index is 14.9. The Bertz CT molecular complexity index is 2630. The van der Waals surface area contributed by atoms with Crippen molar-refractivity contribution < 1.29 is 122 Å². The van der Waals surface area contributed by atoms with Crippen molar-refractivity contribution in [2.24, 2.45) is 0 Å². The third-order valence-corrected chi connectivity index (χ3v) is 24.3.